The largest absolute Gasteiger partial charge is 0.508 e. The predicted octanol–water partition coefficient (Wildman–Crippen LogP) is 2.86. The number of anilines is 1. The molecule has 0 spiro atoms. The summed E-state index contributed by atoms with van der Waals surface area (Å²) in [6.45, 7) is 0. The Labute approximate surface area is 111 Å². The molecule has 0 radical (unpaired) electrons. The van der Waals surface area contributed by atoms with Crippen LogP contribution < -0.4 is 10.5 Å². The zero-order chi connectivity index (χ0) is 13.8. The minimum absolute atomic E-state index is 0.0221. The zero-order valence-electron chi connectivity index (χ0n) is 10.5. The summed E-state index contributed by atoms with van der Waals surface area (Å²) in [5.74, 6) is 0.676. The monoisotopic (exact) mass is 257 g/mol. The molecular weight excluding hydrogens is 242 g/mol. The molecule has 0 aliphatic heterocycles. The quantitative estimate of drug-likeness (QED) is 0.583. The summed E-state index contributed by atoms with van der Waals surface area (Å²) < 4.78 is 5.08. The van der Waals surface area contributed by atoms with Gasteiger partial charge in [-0.05, 0) is 35.4 Å². The van der Waals surface area contributed by atoms with Crippen LogP contribution in [0.3, 0.4) is 0 Å². The Hall–Kier alpha value is -2.62. The van der Waals surface area contributed by atoms with Crippen molar-refractivity contribution in [2.24, 2.45) is 0 Å². The third-order valence-electron chi connectivity index (χ3n) is 2.65. The second-order valence-corrected chi connectivity index (χ2v) is 4.12. The predicted molar refractivity (Wildman–Crippen MR) is 76.1 cm³/mol. The van der Waals surface area contributed by atoms with Crippen LogP contribution in [0.25, 0.3) is 12.2 Å². The molecule has 0 saturated carbocycles. The summed E-state index contributed by atoms with van der Waals surface area (Å²) in [6.07, 6.45) is 3.62. The Bertz CT molecular complexity index is 601. The molecule has 0 aromatic heterocycles. The van der Waals surface area contributed by atoms with Gasteiger partial charge in [0, 0.05) is 6.07 Å². The second-order valence-electron chi connectivity index (χ2n) is 4.12. The number of aromatic hydroxyl groups is 2. The lowest BCUT2D eigenvalue weighted by Gasteiger charge is -2.04. The number of hydrogen-bond donors (Lipinski definition) is 3. The van der Waals surface area contributed by atoms with Gasteiger partial charge in [-0.1, -0.05) is 18.2 Å². The molecule has 2 aromatic rings. The molecule has 19 heavy (non-hydrogen) atoms. The van der Waals surface area contributed by atoms with E-state index >= 15 is 0 Å². The van der Waals surface area contributed by atoms with Crippen molar-refractivity contribution in [3.05, 3.63) is 47.5 Å². The van der Waals surface area contributed by atoms with Gasteiger partial charge in [0.05, 0.1) is 12.8 Å². The van der Waals surface area contributed by atoms with E-state index in [9.17, 15) is 10.2 Å². The highest BCUT2D eigenvalue weighted by molar-refractivity contribution is 5.73. The number of phenols is 2. The number of hydrogen-bond acceptors (Lipinski definition) is 4. The first-order valence-electron chi connectivity index (χ1n) is 5.73. The Kier molecular flexibility index (Phi) is 3.61. The Morgan fingerprint density at radius 2 is 1.58 bits per heavy atom. The lowest BCUT2D eigenvalue weighted by molar-refractivity contribution is 0.417. The number of ether oxygens (including phenoxy) is 1. The third kappa shape index (κ3) is 3.19. The first-order valence-corrected chi connectivity index (χ1v) is 5.73. The van der Waals surface area contributed by atoms with E-state index in [4.69, 9.17) is 10.5 Å². The molecule has 2 aromatic carbocycles. The maximum atomic E-state index is 9.37. The Morgan fingerprint density at radius 1 is 0.947 bits per heavy atom. The van der Waals surface area contributed by atoms with Crippen LogP contribution in [0.4, 0.5) is 5.69 Å². The first kappa shape index (κ1) is 12.8. The highest BCUT2D eigenvalue weighted by Crippen LogP contribution is 2.24. The Morgan fingerprint density at radius 3 is 2.16 bits per heavy atom. The standard InChI is InChI=1S/C15H15NO3/c1-19-15-5-4-10(8-14(15)16)2-3-11-6-12(17)9-13(18)7-11/h2-9,17-18H,16H2,1H3/b3-2+. The molecule has 4 nitrogen and oxygen atoms in total. The van der Waals surface area contributed by atoms with Crippen LogP contribution >= 0.6 is 0 Å². The molecule has 0 amide bonds. The van der Waals surface area contributed by atoms with Gasteiger partial charge in [0.25, 0.3) is 0 Å². The number of phenolic OH excluding ortho intramolecular Hbond substituents is 2. The summed E-state index contributed by atoms with van der Waals surface area (Å²) in [5.41, 5.74) is 7.97. The second kappa shape index (κ2) is 5.35. The average Bonchev–Trinajstić information content (AvgIpc) is 2.35. The number of methoxy groups -OCH3 is 1. The van der Waals surface area contributed by atoms with Crippen molar-refractivity contribution in [2.45, 2.75) is 0 Å². The van der Waals surface area contributed by atoms with E-state index in [1.807, 2.05) is 12.1 Å². The van der Waals surface area contributed by atoms with Gasteiger partial charge in [-0.15, -0.1) is 0 Å². The number of rotatable bonds is 3. The van der Waals surface area contributed by atoms with E-state index in [0.717, 1.165) is 5.56 Å². The van der Waals surface area contributed by atoms with Gasteiger partial charge in [-0.2, -0.15) is 0 Å². The van der Waals surface area contributed by atoms with E-state index in [-0.39, 0.29) is 11.5 Å². The first-order chi connectivity index (χ1) is 9.08. The van der Waals surface area contributed by atoms with Crippen molar-refractivity contribution >= 4 is 17.8 Å². The van der Waals surface area contributed by atoms with Gasteiger partial charge in [-0.3, -0.25) is 0 Å². The van der Waals surface area contributed by atoms with Gasteiger partial charge < -0.3 is 20.7 Å². The van der Waals surface area contributed by atoms with Crippen LogP contribution in [-0.2, 0) is 0 Å². The SMILES string of the molecule is COc1ccc(/C=C/c2cc(O)cc(O)c2)cc1N. The van der Waals surface area contributed by atoms with E-state index in [1.54, 1.807) is 37.5 Å². The molecule has 0 saturated heterocycles. The highest BCUT2D eigenvalue weighted by atomic mass is 16.5. The fourth-order valence-corrected chi connectivity index (χ4v) is 1.76. The smallest absolute Gasteiger partial charge is 0.141 e. The minimum Gasteiger partial charge on any atom is -0.508 e. The summed E-state index contributed by atoms with van der Waals surface area (Å²) in [4.78, 5) is 0. The van der Waals surface area contributed by atoms with Gasteiger partial charge in [0.15, 0.2) is 0 Å². The molecule has 98 valence electrons. The number of nitrogen functional groups attached to an aromatic ring is 1. The van der Waals surface area contributed by atoms with E-state index in [0.29, 0.717) is 17.0 Å². The topological polar surface area (TPSA) is 75.7 Å². The lowest BCUT2D eigenvalue weighted by Crippen LogP contribution is -1.92. The van der Waals surface area contributed by atoms with E-state index in [1.165, 1.54) is 6.07 Å². The molecule has 0 heterocycles. The van der Waals surface area contributed by atoms with Crippen molar-refractivity contribution in [2.75, 3.05) is 12.8 Å². The molecular formula is C15H15NO3. The van der Waals surface area contributed by atoms with Gasteiger partial charge in [0.2, 0.25) is 0 Å². The van der Waals surface area contributed by atoms with Crippen LogP contribution in [0.5, 0.6) is 17.2 Å². The van der Waals surface area contributed by atoms with Gasteiger partial charge in [-0.25, -0.2) is 0 Å². The molecule has 0 unspecified atom stereocenters. The highest BCUT2D eigenvalue weighted by Gasteiger charge is 1.99. The minimum atomic E-state index is 0.0221. The fraction of sp³-hybridized carbons (Fsp3) is 0.0667. The average molecular weight is 257 g/mol. The van der Waals surface area contributed by atoms with Crippen LogP contribution in [0.15, 0.2) is 36.4 Å². The van der Waals surface area contributed by atoms with E-state index in [2.05, 4.69) is 0 Å². The third-order valence-corrected chi connectivity index (χ3v) is 2.65. The maximum absolute atomic E-state index is 9.37. The number of nitrogens with two attached hydrogens (primary N) is 1. The summed E-state index contributed by atoms with van der Waals surface area (Å²) >= 11 is 0. The molecule has 0 aliphatic carbocycles. The molecule has 2 rings (SSSR count). The summed E-state index contributed by atoms with van der Waals surface area (Å²) in [5, 5.41) is 18.7. The molecule has 4 heteroatoms. The van der Waals surface area contributed by atoms with Crippen molar-refractivity contribution in [1.29, 1.82) is 0 Å². The van der Waals surface area contributed by atoms with Crippen molar-refractivity contribution in [3.8, 4) is 17.2 Å². The van der Waals surface area contributed by atoms with Crippen LogP contribution in [0, 0.1) is 0 Å². The van der Waals surface area contributed by atoms with Crippen molar-refractivity contribution in [1.82, 2.24) is 0 Å². The van der Waals surface area contributed by atoms with Gasteiger partial charge in [0.1, 0.15) is 17.2 Å². The van der Waals surface area contributed by atoms with Gasteiger partial charge >= 0.3 is 0 Å². The summed E-state index contributed by atoms with van der Waals surface area (Å²) in [6, 6.07) is 9.84. The normalized spacial score (nSPS) is 10.8. The molecule has 0 fully saturated rings. The van der Waals surface area contributed by atoms with Crippen LogP contribution in [0.1, 0.15) is 11.1 Å². The van der Waals surface area contributed by atoms with Crippen molar-refractivity contribution < 1.29 is 14.9 Å². The fourth-order valence-electron chi connectivity index (χ4n) is 1.76. The molecule has 0 bridgehead atoms. The Balaban J connectivity index is 2.24. The van der Waals surface area contributed by atoms with Crippen LogP contribution in [-0.4, -0.2) is 17.3 Å². The number of benzene rings is 2. The molecule has 4 N–H and O–H groups in total. The van der Waals surface area contributed by atoms with Crippen molar-refractivity contribution in [3.63, 3.8) is 0 Å². The summed E-state index contributed by atoms with van der Waals surface area (Å²) in [7, 11) is 1.57. The lowest BCUT2D eigenvalue weighted by atomic mass is 10.1. The van der Waals surface area contributed by atoms with E-state index < -0.39 is 0 Å². The molecule has 0 aliphatic rings. The molecule has 0 atom stereocenters. The maximum Gasteiger partial charge on any atom is 0.141 e. The zero-order valence-corrected chi connectivity index (χ0v) is 10.5. The van der Waals surface area contributed by atoms with Crippen LogP contribution in [0.2, 0.25) is 0 Å².